The Hall–Kier alpha value is -0.570. The van der Waals surface area contributed by atoms with Gasteiger partial charge in [-0.05, 0) is 26.2 Å². The number of ether oxygens (including phenoxy) is 2. The van der Waals surface area contributed by atoms with E-state index in [1.54, 1.807) is 0 Å². The number of carbonyl (C=O) groups is 1. The van der Waals surface area contributed by atoms with E-state index in [1.807, 2.05) is 6.92 Å². The van der Waals surface area contributed by atoms with Crippen LogP contribution in [0.2, 0.25) is 0 Å². The number of hydrogen-bond donors (Lipinski definition) is 0. The molecule has 3 nitrogen and oxygen atoms in total. The van der Waals surface area contributed by atoms with Crippen molar-refractivity contribution in [2.45, 2.75) is 90.3 Å². The van der Waals surface area contributed by atoms with Crippen LogP contribution in [0, 0.1) is 0 Å². The molecule has 0 aromatic rings. The fourth-order valence-corrected chi connectivity index (χ4v) is 2.48. The third-order valence-corrected chi connectivity index (χ3v) is 3.70. The van der Waals surface area contributed by atoms with Gasteiger partial charge in [-0.15, -0.1) is 0 Å². The third kappa shape index (κ3) is 8.25. The van der Waals surface area contributed by atoms with Gasteiger partial charge in [0.25, 0.3) is 0 Å². The normalized spacial score (nSPS) is 21.4. The summed E-state index contributed by atoms with van der Waals surface area (Å²) in [6.45, 7) is 4.59. The molecule has 2 atom stereocenters. The second-order valence-electron chi connectivity index (χ2n) is 5.47. The molecule has 0 bridgehead atoms. The van der Waals surface area contributed by atoms with Crippen LogP contribution >= 0.6 is 0 Å². The van der Waals surface area contributed by atoms with Crippen LogP contribution in [0.15, 0.2) is 0 Å². The Labute approximate surface area is 118 Å². The molecule has 0 spiro atoms. The molecule has 1 rings (SSSR count). The summed E-state index contributed by atoms with van der Waals surface area (Å²) in [4.78, 5) is 11.1. The van der Waals surface area contributed by atoms with Crippen molar-refractivity contribution in [1.29, 1.82) is 0 Å². The first-order valence-electron chi connectivity index (χ1n) is 8.09. The van der Waals surface area contributed by atoms with Crippen molar-refractivity contribution in [3.05, 3.63) is 0 Å². The van der Waals surface area contributed by atoms with Crippen molar-refractivity contribution in [1.82, 2.24) is 0 Å². The van der Waals surface area contributed by atoms with Gasteiger partial charge >= 0.3 is 5.97 Å². The van der Waals surface area contributed by atoms with Gasteiger partial charge in [0.2, 0.25) is 0 Å². The molecule has 1 heterocycles. The van der Waals surface area contributed by atoms with Gasteiger partial charge in [0.15, 0.2) is 0 Å². The van der Waals surface area contributed by atoms with E-state index >= 15 is 0 Å². The van der Waals surface area contributed by atoms with Crippen LogP contribution < -0.4 is 0 Å². The SMILES string of the molecule is CCCCCC1OC1CCCCCCC(=O)OCC. The predicted molar refractivity (Wildman–Crippen MR) is 77.1 cm³/mol. The van der Waals surface area contributed by atoms with Gasteiger partial charge < -0.3 is 9.47 Å². The molecule has 3 heteroatoms. The molecule has 0 aromatic carbocycles. The summed E-state index contributed by atoms with van der Waals surface area (Å²) in [5, 5.41) is 0. The van der Waals surface area contributed by atoms with Crippen molar-refractivity contribution in [2.24, 2.45) is 0 Å². The molecular formula is C16H30O3. The van der Waals surface area contributed by atoms with Gasteiger partial charge in [-0.3, -0.25) is 4.79 Å². The Morgan fingerprint density at radius 2 is 1.58 bits per heavy atom. The van der Waals surface area contributed by atoms with Crippen molar-refractivity contribution >= 4 is 5.97 Å². The molecule has 0 aliphatic carbocycles. The van der Waals surface area contributed by atoms with Gasteiger partial charge in [-0.2, -0.15) is 0 Å². The maximum absolute atomic E-state index is 11.1. The highest BCUT2D eigenvalue weighted by Crippen LogP contribution is 2.31. The van der Waals surface area contributed by atoms with E-state index in [9.17, 15) is 4.79 Å². The Balaban J connectivity index is 1.81. The summed E-state index contributed by atoms with van der Waals surface area (Å²) in [6, 6.07) is 0. The summed E-state index contributed by atoms with van der Waals surface area (Å²) < 4.78 is 10.6. The first-order chi connectivity index (χ1) is 9.27. The number of hydrogen-bond acceptors (Lipinski definition) is 3. The summed E-state index contributed by atoms with van der Waals surface area (Å²) in [5.74, 6) is -0.0518. The van der Waals surface area contributed by atoms with Gasteiger partial charge in [0.05, 0.1) is 18.8 Å². The largest absolute Gasteiger partial charge is 0.466 e. The maximum atomic E-state index is 11.1. The summed E-state index contributed by atoms with van der Waals surface area (Å²) in [5.41, 5.74) is 0. The van der Waals surface area contributed by atoms with Crippen molar-refractivity contribution in [3.63, 3.8) is 0 Å². The fraction of sp³-hybridized carbons (Fsp3) is 0.938. The first-order valence-corrected chi connectivity index (χ1v) is 8.09. The molecule has 0 N–H and O–H groups in total. The zero-order chi connectivity index (χ0) is 13.9. The minimum Gasteiger partial charge on any atom is -0.466 e. The van der Waals surface area contributed by atoms with Crippen LogP contribution in [0.4, 0.5) is 0 Å². The summed E-state index contributed by atoms with van der Waals surface area (Å²) in [7, 11) is 0. The van der Waals surface area contributed by atoms with Crippen LogP contribution in [0.3, 0.4) is 0 Å². The van der Waals surface area contributed by atoms with E-state index in [-0.39, 0.29) is 5.97 Å². The lowest BCUT2D eigenvalue weighted by atomic mass is 10.1. The second kappa shape index (κ2) is 10.2. The van der Waals surface area contributed by atoms with E-state index in [4.69, 9.17) is 9.47 Å². The second-order valence-corrected chi connectivity index (χ2v) is 5.47. The number of unbranched alkanes of at least 4 members (excludes halogenated alkanes) is 5. The highest BCUT2D eigenvalue weighted by atomic mass is 16.6. The predicted octanol–water partition coefficient (Wildman–Crippen LogP) is 4.24. The summed E-state index contributed by atoms with van der Waals surface area (Å²) in [6.07, 6.45) is 12.6. The van der Waals surface area contributed by atoms with Crippen molar-refractivity contribution < 1.29 is 14.3 Å². The number of epoxide rings is 1. The lowest BCUT2D eigenvalue weighted by molar-refractivity contribution is -0.143. The Bertz CT molecular complexity index is 240. The molecule has 1 aliphatic rings. The molecule has 1 aliphatic heterocycles. The Kier molecular flexibility index (Phi) is 8.89. The zero-order valence-corrected chi connectivity index (χ0v) is 12.7. The Morgan fingerprint density at radius 1 is 0.947 bits per heavy atom. The average Bonchev–Trinajstić information content (AvgIpc) is 3.13. The highest BCUT2D eigenvalue weighted by Gasteiger charge is 2.36. The number of esters is 1. The van der Waals surface area contributed by atoms with Crippen LogP contribution in [0.25, 0.3) is 0 Å². The van der Waals surface area contributed by atoms with Crippen LogP contribution in [0.5, 0.6) is 0 Å². The van der Waals surface area contributed by atoms with Crippen molar-refractivity contribution in [3.8, 4) is 0 Å². The van der Waals surface area contributed by atoms with E-state index in [1.165, 1.54) is 44.9 Å². The topological polar surface area (TPSA) is 38.8 Å². The van der Waals surface area contributed by atoms with Crippen LogP contribution in [-0.4, -0.2) is 24.8 Å². The first kappa shape index (κ1) is 16.5. The van der Waals surface area contributed by atoms with Gasteiger partial charge in [-0.1, -0.05) is 45.4 Å². The molecule has 0 amide bonds. The number of carbonyl (C=O) groups excluding carboxylic acids is 1. The minimum atomic E-state index is -0.0518. The van der Waals surface area contributed by atoms with E-state index in [0.717, 1.165) is 12.8 Å². The molecule has 112 valence electrons. The zero-order valence-electron chi connectivity index (χ0n) is 12.7. The summed E-state index contributed by atoms with van der Waals surface area (Å²) >= 11 is 0. The maximum Gasteiger partial charge on any atom is 0.305 e. The van der Waals surface area contributed by atoms with Crippen LogP contribution in [-0.2, 0) is 14.3 Å². The molecule has 0 radical (unpaired) electrons. The molecule has 0 aromatic heterocycles. The molecule has 1 fully saturated rings. The molecule has 0 saturated carbocycles. The van der Waals surface area contributed by atoms with E-state index < -0.39 is 0 Å². The standard InChI is InChI=1S/C16H30O3/c1-3-5-8-11-14-15(19-14)12-9-6-7-10-13-16(17)18-4-2/h14-15H,3-13H2,1-2H3. The highest BCUT2D eigenvalue weighted by molar-refractivity contribution is 5.69. The van der Waals surface area contributed by atoms with E-state index in [2.05, 4.69) is 6.92 Å². The lowest BCUT2D eigenvalue weighted by Gasteiger charge is -2.01. The van der Waals surface area contributed by atoms with Crippen LogP contribution in [0.1, 0.15) is 78.1 Å². The monoisotopic (exact) mass is 270 g/mol. The molecule has 19 heavy (non-hydrogen) atoms. The third-order valence-electron chi connectivity index (χ3n) is 3.70. The van der Waals surface area contributed by atoms with Gasteiger partial charge in [0, 0.05) is 6.42 Å². The van der Waals surface area contributed by atoms with Crippen molar-refractivity contribution in [2.75, 3.05) is 6.61 Å². The molecule has 1 saturated heterocycles. The van der Waals surface area contributed by atoms with Gasteiger partial charge in [-0.25, -0.2) is 0 Å². The van der Waals surface area contributed by atoms with E-state index in [0.29, 0.717) is 25.2 Å². The Morgan fingerprint density at radius 3 is 2.21 bits per heavy atom. The molecular weight excluding hydrogens is 240 g/mol. The minimum absolute atomic E-state index is 0.0518. The fourth-order valence-electron chi connectivity index (χ4n) is 2.48. The smallest absolute Gasteiger partial charge is 0.305 e. The lowest BCUT2D eigenvalue weighted by Crippen LogP contribution is -2.03. The molecule has 2 unspecified atom stereocenters. The average molecular weight is 270 g/mol. The number of rotatable bonds is 12. The van der Waals surface area contributed by atoms with Gasteiger partial charge in [0.1, 0.15) is 0 Å². The quantitative estimate of drug-likeness (QED) is 0.302.